The molecule has 1 N–H and O–H groups in total. The number of ketones is 1. The largest absolute Gasteiger partial charge is 0.352 e. The van der Waals surface area contributed by atoms with Gasteiger partial charge >= 0.3 is 0 Å². The molecule has 0 unspecified atom stereocenters. The van der Waals surface area contributed by atoms with Gasteiger partial charge in [0.05, 0.1) is 23.2 Å². The quantitative estimate of drug-likeness (QED) is 0.197. The number of carbonyl (C=O) groups excluding carboxylic acids is 2. The summed E-state index contributed by atoms with van der Waals surface area (Å²) in [5, 5.41) is 3.77. The fraction of sp³-hybridized carbons (Fsp3) is 0.241. The summed E-state index contributed by atoms with van der Waals surface area (Å²) in [5.41, 5.74) is 3.34. The number of hydrogen-bond acceptors (Lipinski definition) is 5. The van der Waals surface area contributed by atoms with Crippen LogP contribution in [-0.4, -0.2) is 33.5 Å². The van der Waals surface area contributed by atoms with Gasteiger partial charge in [0.25, 0.3) is 11.5 Å². The van der Waals surface area contributed by atoms with Crippen LogP contribution in [0, 0.1) is 12.8 Å². The summed E-state index contributed by atoms with van der Waals surface area (Å²) in [4.78, 5) is 43.7. The first-order valence-electron chi connectivity index (χ1n) is 11.9. The molecule has 6 nitrogen and oxygen atoms in total. The summed E-state index contributed by atoms with van der Waals surface area (Å²) >= 11 is 1.23. The molecule has 0 aliphatic heterocycles. The molecule has 0 bridgehead atoms. The number of nitrogens with zero attached hydrogens (tertiary/aromatic N) is 2. The fourth-order valence-electron chi connectivity index (χ4n) is 3.71. The van der Waals surface area contributed by atoms with E-state index in [-0.39, 0.29) is 23.0 Å². The highest BCUT2D eigenvalue weighted by molar-refractivity contribution is 7.99. The second-order valence-electron chi connectivity index (χ2n) is 9.18. The van der Waals surface area contributed by atoms with Crippen LogP contribution >= 0.6 is 11.8 Å². The minimum absolute atomic E-state index is 0.0394. The first-order chi connectivity index (χ1) is 17.3. The maximum atomic E-state index is 13.5. The van der Waals surface area contributed by atoms with Gasteiger partial charge in [0.2, 0.25) is 0 Å². The lowest BCUT2D eigenvalue weighted by Gasteiger charge is -2.14. The fourth-order valence-corrected chi connectivity index (χ4v) is 4.60. The standard InChI is InChI=1S/C29H29N3O3S/c1-19(2)16-30-27(34)23-13-14-24-25(15-23)31-29(32(28(24)35)17-21-7-5-4-6-8-21)36-18-26(33)22-11-9-20(3)10-12-22/h4-15,19H,16-18H2,1-3H3,(H,30,34). The molecule has 3 aromatic carbocycles. The molecule has 7 heteroatoms. The highest BCUT2D eigenvalue weighted by atomic mass is 32.2. The van der Waals surface area contributed by atoms with E-state index in [1.165, 1.54) is 11.8 Å². The molecule has 0 saturated carbocycles. The van der Waals surface area contributed by atoms with E-state index in [1.807, 2.05) is 75.4 Å². The first-order valence-corrected chi connectivity index (χ1v) is 12.9. The third kappa shape index (κ3) is 6.10. The molecule has 0 aliphatic rings. The number of hydrogen-bond donors (Lipinski definition) is 1. The molecule has 0 fully saturated rings. The monoisotopic (exact) mass is 499 g/mol. The van der Waals surface area contributed by atoms with Crippen molar-refractivity contribution in [2.45, 2.75) is 32.5 Å². The van der Waals surface area contributed by atoms with Gasteiger partial charge in [-0.2, -0.15) is 0 Å². The zero-order valence-electron chi connectivity index (χ0n) is 20.7. The topological polar surface area (TPSA) is 81.1 Å². The van der Waals surface area contributed by atoms with Crippen LogP contribution in [0.2, 0.25) is 0 Å². The Hall–Kier alpha value is -3.71. The van der Waals surface area contributed by atoms with Gasteiger partial charge in [0, 0.05) is 17.7 Å². The summed E-state index contributed by atoms with van der Waals surface area (Å²) in [6, 6.07) is 22.1. The second kappa shape index (κ2) is 11.4. The third-order valence-electron chi connectivity index (χ3n) is 5.74. The number of aryl methyl sites for hydroxylation is 1. The molecular formula is C29H29N3O3S. The van der Waals surface area contributed by atoms with E-state index in [9.17, 15) is 14.4 Å². The molecule has 4 aromatic rings. The lowest BCUT2D eigenvalue weighted by atomic mass is 10.1. The van der Waals surface area contributed by atoms with Gasteiger partial charge in [0.15, 0.2) is 10.9 Å². The number of rotatable bonds is 9. The van der Waals surface area contributed by atoms with Crippen LogP contribution in [0.4, 0.5) is 0 Å². The van der Waals surface area contributed by atoms with Crippen molar-refractivity contribution in [3.05, 3.63) is 105 Å². The normalized spacial score (nSPS) is 11.1. The van der Waals surface area contributed by atoms with E-state index < -0.39 is 0 Å². The predicted octanol–water partition coefficient (Wildman–Crippen LogP) is 5.11. The summed E-state index contributed by atoms with van der Waals surface area (Å²) in [5.74, 6) is 0.225. The van der Waals surface area contributed by atoms with Crippen LogP contribution in [0.15, 0.2) is 82.7 Å². The number of amides is 1. The Bertz CT molecular complexity index is 1440. The zero-order chi connectivity index (χ0) is 25.7. The van der Waals surface area contributed by atoms with Crippen molar-refractivity contribution >= 4 is 34.4 Å². The number of carbonyl (C=O) groups is 2. The van der Waals surface area contributed by atoms with E-state index in [4.69, 9.17) is 4.98 Å². The van der Waals surface area contributed by atoms with E-state index >= 15 is 0 Å². The lowest BCUT2D eigenvalue weighted by Crippen LogP contribution is -2.28. The number of aromatic nitrogens is 2. The van der Waals surface area contributed by atoms with Gasteiger partial charge in [-0.15, -0.1) is 0 Å². The van der Waals surface area contributed by atoms with Crippen LogP contribution < -0.4 is 10.9 Å². The Morgan fingerprint density at radius 2 is 1.67 bits per heavy atom. The molecule has 1 aromatic heterocycles. The number of Topliss-reactive ketones (excluding diaryl/α,β-unsaturated/α-hetero) is 1. The van der Waals surface area contributed by atoms with Crippen molar-refractivity contribution in [3.63, 3.8) is 0 Å². The SMILES string of the molecule is Cc1ccc(C(=O)CSc2nc3cc(C(=O)NCC(C)C)ccc3c(=O)n2Cc2ccccc2)cc1. The minimum Gasteiger partial charge on any atom is -0.352 e. The molecule has 0 radical (unpaired) electrons. The number of fused-ring (bicyclic) bond motifs is 1. The van der Waals surface area contributed by atoms with Crippen molar-refractivity contribution in [2.75, 3.05) is 12.3 Å². The Kier molecular flexibility index (Phi) is 8.00. The van der Waals surface area contributed by atoms with Crippen molar-refractivity contribution in [1.29, 1.82) is 0 Å². The van der Waals surface area contributed by atoms with Gasteiger partial charge in [-0.05, 0) is 36.6 Å². The average Bonchev–Trinajstić information content (AvgIpc) is 2.88. The Balaban J connectivity index is 1.70. The van der Waals surface area contributed by atoms with Gasteiger partial charge in [-0.3, -0.25) is 19.0 Å². The van der Waals surface area contributed by atoms with E-state index in [0.717, 1.165) is 11.1 Å². The first kappa shape index (κ1) is 25.4. The molecule has 0 saturated heterocycles. The van der Waals surface area contributed by atoms with E-state index in [1.54, 1.807) is 22.8 Å². The second-order valence-corrected chi connectivity index (χ2v) is 10.1. The van der Waals surface area contributed by atoms with Crippen LogP contribution in [0.3, 0.4) is 0 Å². The van der Waals surface area contributed by atoms with Crippen molar-refractivity contribution in [3.8, 4) is 0 Å². The smallest absolute Gasteiger partial charge is 0.262 e. The molecule has 0 atom stereocenters. The highest BCUT2D eigenvalue weighted by Crippen LogP contribution is 2.21. The Labute approximate surface area is 214 Å². The van der Waals surface area contributed by atoms with Crippen molar-refractivity contribution in [2.24, 2.45) is 5.92 Å². The van der Waals surface area contributed by atoms with Crippen LogP contribution in [0.5, 0.6) is 0 Å². The minimum atomic E-state index is -0.205. The van der Waals surface area contributed by atoms with Crippen LogP contribution in [0.1, 0.15) is 45.7 Å². The summed E-state index contributed by atoms with van der Waals surface area (Å²) in [6.45, 7) is 6.92. The molecule has 1 heterocycles. The molecule has 4 rings (SSSR count). The molecule has 184 valence electrons. The van der Waals surface area contributed by atoms with Crippen LogP contribution in [-0.2, 0) is 6.54 Å². The Morgan fingerprint density at radius 1 is 0.972 bits per heavy atom. The summed E-state index contributed by atoms with van der Waals surface area (Å²) in [6.07, 6.45) is 0. The summed E-state index contributed by atoms with van der Waals surface area (Å²) < 4.78 is 1.60. The lowest BCUT2D eigenvalue weighted by molar-refractivity contribution is 0.0948. The van der Waals surface area contributed by atoms with E-state index in [0.29, 0.717) is 46.2 Å². The molecule has 0 spiro atoms. The molecular weight excluding hydrogens is 470 g/mol. The average molecular weight is 500 g/mol. The van der Waals surface area contributed by atoms with Gasteiger partial charge in [-0.25, -0.2) is 4.98 Å². The van der Waals surface area contributed by atoms with Crippen molar-refractivity contribution < 1.29 is 9.59 Å². The maximum Gasteiger partial charge on any atom is 0.262 e. The highest BCUT2D eigenvalue weighted by Gasteiger charge is 2.16. The molecule has 1 amide bonds. The third-order valence-corrected chi connectivity index (χ3v) is 6.72. The van der Waals surface area contributed by atoms with Gasteiger partial charge in [-0.1, -0.05) is 85.8 Å². The zero-order valence-corrected chi connectivity index (χ0v) is 21.5. The van der Waals surface area contributed by atoms with Crippen molar-refractivity contribution in [1.82, 2.24) is 14.9 Å². The Morgan fingerprint density at radius 3 is 2.36 bits per heavy atom. The number of thioether (sulfide) groups is 1. The van der Waals surface area contributed by atoms with Gasteiger partial charge in [0.1, 0.15) is 0 Å². The predicted molar refractivity (Wildman–Crippen MR) is 145 cm³/mol. The van der Waals surface area contributed by atoms with Crippen LogP contribution in [0.25, 0.3) is 10.9 Å². The molecule has 0 aliphatic carbocycles. The van der Waals surface area contributed by atoms with Gasteiger partial charge < -0.3 is 5.32 Å². The summed E-state index contributed by atoms with van der Waals surface area (Å²) in [7, 11) is 0. The maximum absolute atomic E-state index is 13.5. The molecule has 36 heavy (non-hydrogen) atoms. The van der Waals surface area contributed by atoms with E-state index in [2.05, 4.69) is 5.32 Å². The number of benzene rings is 3. The number of nitrogens with one attached hydrogen (secondary N) is 1.